The SMILES string of the molecule is CCc1ccc(NC(=O)COC(=O)/C(C#N)=C/c2ccc(OC)cc2)cc1. The number of esters is 1. The fraction of sp³-hybridized carbons (Fsp3) is 0.190. The molecule has 0 spiro atoms. The van der Waals surface area contributed by atoms with Crippen LogP contribution in [-0.2, 0) is 20.7 Å². The summed E-state index contributed by atoms with van der Waals surface area (Å²) in [5, 5.41) is 11.8. The molecule has 0 aliphatic rings. The molecule has 6 heteroatoms. The van der Waals surface area contributed by atoms with Crippen LogP contribution in [0.1, 0.15) is 18.1 Å². The van der Waals surface area contributed by atoms with Crippen LogP contribution in [0.2, 0.25) is 0 Å². The van der Waals surface area contributed by atoms with Crippen molar-refractivity contribution in [3.8, 4) is 11.8 Å². The van der Waals surface area contributed by atoms with E-state index in [0.29, 0.717) is 17.0 Å². The van der Waals surface area contributed by atoms with Crippen molar-refractivity contribution in [1.82, 2.24) is 0 Å². The number of carbonyl (C=O) groups is 2. The van der Waals surface area contributed by atoms with Crippen molar-refractivity contribution in [2.24, 2.45) is 0 Å². The fourth-order valence-corrected chi connectivity index (χ4v) is 2.23. The molecule has 138 valence electrons. The largest absolute Gasteiger partial charge is 0.497 e. The molecular formula is C21H20N2O4. The summed E-state index contributed by atoms with van der Waals surface area (Å²) < 4.78 is 9.98. The van der Waals surface area contributed by atoms with Crippen LogP contribution in [0.5, 0.6) is 5.75 Å². The van der Waals surface area contributed by atoms with Crippen molar-refractivity contribution in [3.05, 3.63) is 65.2 Å². The van der Waals surface area contributed by atoms with Gasteiger partial charge in [-0.15, -0.1) is 0 Å². The van der Waals surface area contributed by atoms with Crippen LogP contribution < -0.4 is 10.1 Å². The molecular weight excluding hydrogens is 344 g/mol. The van der Waals surface area contributed by atoms with E-state index in [9.17, 15) is 9.59 Å². The Labute approximate surface area is 158 Å². The first-order valence-electron chi connectivity index (χ1n) is 8.37. The minimum absolute atomic E-state index is 0.194. The topological polar surface area (TPSA) is 88.4 Å². The van der Waals surface area contributed by atoms with Crippen LogP contribution in [0.25, 0.3) is 6.08 Å². The third-order valence-corrected chi connectivity index (χ3v) is 3.75. The molecule has 1 N–H and O–H groups in total. The van der Waals surface area contributed by atoms with Gasteiger partial charge in [0.2, 0.25) is 0 Å². The highest BCUT2D eigenvalue weighted by Crippen LogP contribution is 2.14. The number of amides is 1. The molecule has 0 saturated heterocycles. The number of ether oxygens (including phenoxy) is 2. The van der Waals surface area contributed by atoms with Crippen LogP contribution >= 0.6 is 0 Å². The number of methoxy groups -OCH3 is 1. The van der Waals surface area contributed by atoms with Gasteiger partial charge in [-0.25, -0.2) is 4.79 Å². The van der Waals surface area contributed by atoms with Gasteiger partial charge in [-0.05, 0) is 47.9 Å². The maximum atomic E-state index is 12.0. The Bertz CT molecular complexity index is 863. The highest BCUT2D eigenvalue weighted by molar-refractivity contribution is 6.00. The normalized spacial score (nSPS) is 10.6. The summed E-state index contributed by atoms with van der Waals surface area (Å²) in [7, 11) is 1.55. The molecule has 0 atom stereocenters. The highest BCUT2D eigenvalue weighted by Gasteiger charge is 2.13. The van der Waals surface area contributed by atoms with Gasteiger partial charge < -0.3 is 14.8 Å². The van der Waals surface area contributed by atoms with Crippen molar-refractivity contribution in [2.45, 2.75) is 13.3 Å². The third-order valence-electron chi connectivity index (χ3n) is 3.75. The molecule has 0 bridgehead atoms. The van der Waals surface area contributed by atoms with Crippen molar-refractivity contribution in [2.75, 3.05) is 19.0 Å². The Morgan fingerprint density at radius 2 is 1.78 bits per heavy atom. The Kier molecular flexibility index (Phi) is 7.15. The van der Waals surface area contributed by atoms with Crippen LogP contribution in [0.4, 0.5) is 5.69 Å². The molecule has 0 fully saturated rings. The summed E-state index contributed by atoms with van der Waals surface area (Å²) >= 11 is 0. The number of aryl methyl sites for hydroxylation is 1. The zero-order chi connectivity index (χ0) is 19.6. The number of nitrogens with one attached hydrogen (secondary N) is 1. The van der Waals surface area contributed by atoms with Crippen LogP contribution in [0.15, 0.2) is 54.1 Å². The van der Waals surface area contributed by atoms with E-state index in [-0.39, 0.29) is 5.57 Å². The quantitative estimate of drug-likeness (QED) is 0.462. The van der Waals surface area contributed by atoms with Crippen LogP contribution in [0, 0.1) is 11.3 Å². The summed E-state index contributed by atoms with van der Waals surface area (Å²) in [6, 6.07) is 16.0. The summed E-state index contributed by atoms with van der Waals surface area (Å²) in [5.41, 5.74) is 2.22. The lowest BCUT2D eigenvalue weighted by Crippen LogP contribution is -2.21. The first-order chi connectivity index (χ1) is 13.0. The van der Waals surface area contributed by atoms with Gasteiger partial charge >= 0.3 is 5.97 Å². The zero-order valence-electron chi connectivity index (χ0n) is 15.2. The van der Waals surface area contributed by atoms with Crippen LogP contribution in [0.3, 0.4) is 0 Å². The molecule has 1 amide bonds. The van der Waals surface area contributed by atoms with Gasteiger partial charge in [0.15, 0.2) is 6.61 Å². The molecule has 0 unspecified atom stereocenters. The van der Waals surface area contributed by atoms with Gasteiger partial charge in [-0.3, -0.25) is 4.79 Å². The number of nitriles is 1. The molecule has 0 aromatic heterocycles. The average Bonchev–Trinajstić information content (AvgIpc) is 2.71. The Morgan fingerprint density at radius 3 is 2.33 bits per heavy atom. The molecule has 0 radical (unpaired) electrons. The minimum Gasteiger partial charge on any atom is -0.497 e. The van der Waals surface area contributed by atoms with E-state index in [4.69, 9.17) is 14.7 Å². The third kappa shape index (κ3) is 6.01. The van der Waals surface area contributed by atoms with Gasteiger partial charge in [0.1, 0.15) is 17.4 Å². The van der Waals surface area contributed by atoms with Crippen molar-refractivity contribution >= 4 is 23.6 Å². The van der Waals surface area contributed by atoms with Crippen molar-refractivity contribution in [1.29, 1.82) is 5.26 Å². The number of hydrogen-bond acceptors (Lipinski definition) is 5. The number of nitrogens with zero attached hydrogens (tertiary/aromatic N) is 1. The van der Waals surface area contributed by atoms with Gasteiger partial charge in [0, 0.05) is 5.69 Å². The van der Waals surface area contributed by atoms with E-state index in [1.807, 2.05) is 19.1 Å². The lowest BCUT2D eigenvalue weighted by molar-refractivity contribution is -0.142. The molecule has 0 saturated carbocycles. The number of hydrogen-bond donors (Lipinski definition) is 1. The monoisotopic (exact) mass is 364 g/mol. The zero-order valence-corrected chi connectivity index (χ0v) is 15.2. The predicted molar refractivity (Wildman–Crippen MR) is 102 cm³/mol. The summed E-state index contributed by atoms with van der Waals surface area (Å²) in [6.07, 6.45) is 2.30. The maximum Gasteiger partial charge on any atom is 0.349 e. The summed E-state index contributed by atoms with van der Waals surface area (Å²) in [5.74, 6) is -0.670. The number of carbonyl (C=O) groups excluding carboxylic acids is 2. The van der Waals surface area contributed by atoms with Gasteiger partial charge in [-0.2, -0.15) is 5.26 Å². The van der Waals surface area contributed by atoms with E-state index in [1.165, 1.54) is 6.08 Å². The average molecular weight is 364 g/mol. The molecule has 2 aromatic rings. The molecule has 2 rings (SSSR count). The maximum absolute atomic E-state index is 12.0. The highest BCUT2D eigenvalue weighted by atomic mass is 16.5. The van der Waals surface area contributed by atoms with E-state index < -0.39 is 18.5 Å². The number of rotatable bonds is 7. The first-order valence-corrected chi connectivity index (χ1v) is 8.37. The van der Waals surface area contributed by atoms with E-state index >= 15 is 0 Å². The molecule has 2 aromatic carbocycles. The second kappa shape index (κ2) is 9.78. The molecule has 27 heavy (non-hydrogen) atoms. The first kappa shape index (κ1) is 19.7. The summed E-state index contributed by atoms with van der Waals surface area (Å²) in [4.78, 5) is 23.9. The minimum atomic E-state index is -0.857. The second-order valence-electron chi connectivity index (χ2n) is 5.62. The van der Waals surface area contributed by atoms with Crippen molar-refractivity contribution < 1.29 is 19.1 Å². The van der Waals surface area contributed by atoms with Gasteiger partial charge in [-0.1, -0.05) is 31.2 Å². The van der Waals surface area contributed by atoms with E-state index in [0.717, 1.165) is 12.0 Å². The molecule has 0 aliphatic heterocycles. The second-order valence-corrected chi connectivity index (χ2v) is 5.62. The number of anilines is 1. The predicted octanol–water partition coefficient (Wildman–Crippen LogP) is 3.35. The number of benzene rings is 2. The van der Waals surface area contributed by atoms with Gasteiger partial charge in [0.25, 0.3) is 5.91 Å². The lowest BCUT2D eigenvalue weighted by Gasteiger charge is -2.07. The van der Waals surface area contributed by atoms with Crippen LogP contribution in [-0.4, -0.2) is 25.6 Å². The van der Waals surface area contributed by atoms with Crippen molar-refractivity contribution in [3.63, 3.8) is 0 Å². The molecule has 0 aliphatic carbocycles. The van der Waals surface area contributed by atoms with E-state index in [2.05, 4.69) is 5.32 Å². The standard InChI is InChI=1S/C21H20N2O4/c1-3-15-4-8-18(9-5-15)23-20(24)14-27-21(25)17(13-22)12-16-6-10-19(26-2)11-7-16/h4-12H,3,14H2,1-2H3,(H,23,24)/b17-12+. The fourth-order valence-electron chi connectivity index (χ4n) is 2.23. The Balaban J connectivity index is 1.92. The Morgan fingerprint density at radius 1 is 1.11 bits per heavy atom. The molecule has 6 nitrogen and oxygen atoms in total. The molecule has 0 heterocycles. The lowest BCUT2D eigenvalue weighted by atomic mass is 10.1. The summed E-state index contributed by atoms with van der Waals surface area (Å²) in [6.45, 7) is 1.56. The smallest absolute Gasteiger partial charge is 0.349 e. The van der Waals surface area contributed by atoms with Gasteiger partial charge in [0.05, 0.1) is 7.11 Å². The Hall–Kier alpha value is -3.59. The van der Waals surface area contributed by atoms with E-state index in [1.54, 1.807) is 49.6 Å².